The van der Waals surface area contributed by atoms with E-state index in [1.165, 1.54) is 33.5 Å². The van der Waals surface area contributed by atoms with Gasteiger partial charge in [-0.2, -0.15) is 9.61 Å². The number of benzene rings is 1. The lowest BCUT2D eigenvalue weighted by atomic mass is 10.0. The molecule has 0 atom stereocenters. The van der Waals surface area contributed by atoms with Crippen LogP contribution in [0.3, 0.4) is 0 Å². The number of nitrogens with zero attached hydrogens (tertiary/aromatic N) is 3. The maximum absolute atomic E-state index is 11.7. The first-order valence-corrected chi connectivity index (χ1v) is 7.49. The number of rotatable bonds is 1. The summed E-state index contributed by atoms with van der Waals surface area (Å²) in [4.78, 5) is 19.8. The van der Waals surface area contributed by atoms with E-state index < -0.39 is 0 Å². The van der Waals surface area contributed by atoms with Crippen LogP contribution in [0, 0.1) is 0 Å². The van der Waals surface area contributed by atoms with E-state index in [1.54, 1.807) is 6.20 Å². The summed E-state index contributed by atoms with van der Waals surface area (Å²) >= 11 is 1.91. The molecule has 1 aliphatic rings. The molecule has 0 bridgehead atoms. The third-order valence-electron chi connectivity index (χ3n) is 3.53. The van der Waals surface area contributed by atoms with Gasteiger partial charge >= 0.3 is 5.69 Å². The Bertz CT molecular complexity index is 852. The zero-order valence-electron chi connectivity index (χ0n) is 10.7. The molecule has 100 valence electrons. The number of aromatic nitrogens is 4. The molecule has 4 rings (SSSR count). The lowest BCUT2D eigenvalue weighted by Crippen LogP contribution is -2.17. The summed E-state index contributed by atoms with van der Waals surface area (Å²) in [5.41, 5.74) is 3.67. The minimum absolute atomic E-state index is 0.269. The lowest BCUT2D eigenvalue weighted by Gasteiger charge is -2.15. The van der Waals surface area contributed by atoms with Crippen LogP contribution in [0.1, 0.15) is 12.0 Å². The van der Waals surface area contributed by atoms with Gasteiger partial charge in [0, 0.05) is 10.5 Å². The van der Waals surface area contributed by atoms with Crippen molar-refractivity contribution in [3.8, 4) is 11.1 Å². The van der Waals surface area contributed by atoms with E-state index in [-0.39, 0.29) is 5.69 Å². The van der Waals surface area contributed by atoms with Crippen molar-refractivity contribution in [3.63, 3.8) is 0 Å². The van der Waals surface area contributed by atoms with Crippen molar-refractivity contribution in [1.29, 1.82) is 0 Å². The first kappa shape index (κ1) is 11.7. The molecular formula is C14H12N4OS. The van der Waals surface area contributed by atoms with Crippen LogP contribution >= 0.6 is 11.8 Å². The van der Waals surface area contributed by atoms with Gasteiger partial charge in [0.1, 0.15) is 0 Å². The molecule has 1 aromatic carbocycles. The fourth-order valence-corrected chi connectivity index (χ4v) is 3.58. The summed E-state index contributed by atoms with van der Waals surface area (Å²) in [6, 6.07) is 6.43. The SMILES string of the molecule is O=c1[nH]cnc2c(-c3ccc4c(c3)CCCS4)cnn12. The van der Waals surface area contributed by atoms with Gasteiger partial charge in [-0.1, -0.05) is 6.07 Å². The smallest absolute Gasteiger partial charge is 0.296 e. The van der Waals surface area contributed by atoms with Crippen molar-refractivity contribution in [2.45, 2.75) is 17.7 Å². The van der Waals surface area contributed by atoms with E-state index in [0.717, 1.165) is 17.5 Å². The molecule has 0 amide bonds. The van der Waals surface area contributed by atoms with Gasteiger partial charge in [0.15, 0.2) is 5.65 Å². The monoisotopic (exact) mass is 284 g/mol. The molecule has 2 aromatic heterocycles. The zero-order valence-corrected chi connectivity index (χ0v) is 11.5. The third kappa shape index (κ3) is 1.76. The van der Waals surface area contributed by atoms with Gasteiger partial charge in [-0.25, -0.2) is 9.78 Å². The molecule has 3 heterocycles. The van der Waals surface area contributed by atoms with Gasteiger partial charge in [0.25, 0.3) is 0 Å². The molecule has 0 aliphatic carbocycles. The Labute approximate surface area is 119 Å². The fraction of sp³-hybridized carbons (Fsp3) is 0.214. The van der Waals surface area contributed by atoms with Crippen LogP contribution < -0.4 is 5.69 Å². The van der Waals surface area contributed by atoms with Gasteiger partial charge in [0.05, 0.1) is 12.5 Å². The maximum Gasteiger partial charge on any atom is 0.349 e. The van der Waals surface area contributed by atoms with Crippen LogP contribution in [-0.2, 0) is 6.42 Å². The zero-order chi connectivity index (χ0) is 13.5. The molecule has 6 heteroatoms. The Morgan fingerprint density at radius 1 is 1.35 bits per heavy atom. The van der Waals surface area contributed by atoms with Gasteiger partial charge in [-0.3, -0.25) is 4.98 Å². The highest BCUT2D eigenvalue weighted by molar-refractivity contribution is 7.99. The first-order valence-electron chi connectivity index (χ1n) is 6.50. The largest absolute Gasteiger partial charge is 0.349 e. The number of nitrogens with one attached hydrogen (secondary N) is 1. The first-order chi connectivity index (χ1) is 9.83. The summed E-state index contributed by atoms with van der Waals surface area (Å²) in [7, 11) is 0. The molecule has 3 aromatic rings. The van der Waals surface area contributed by atoms with E-state index in [9.17, 15) is 4.79 Å². The minimum Gasteiger partial charge on any atom is -0.296 e. The fourth-order valence-electron chi connectivity index (χ4n) is 2.56. The normalized spacial score (nSPS) is 14.4. The molecule has 0 fully saturated rings. The van der Waals surface area contributed by atoms with Crippen LogP contribution in [-0.4, -0.2) is 25.3 Å². The van der Waals surface area contributed by atoms with Crippen LogP contribution in [0.25, 0.3) is 16.8 Å². The van der Waals surface area contributed by atoms with Crippen molar-refractivity contribution in [3.05, 3.63) is 46.8 Å². The predicted molar refractivity (Wildman–Crippen MR) is 78.1 cm³/mol. The molecule has 5 nitrogen and oxygen atoms in total. The Morgan fingerprint density at radius 3 is 3.25 bits per heavy atom. The van der Waals surface area contributed by atoms with Crippen molar-refractivity contribution < 1.29 is 0 Å². The number of H-pyrrole nitrogens is 1. The maximum atomic E-state index is 11.7. The van der Waals surface area contributed by atoms with Crippen molar-refractivity contribution in [2.75, 3.05) is 5.75 Å². The van der Waals surface area contributed by atoms with Gasteiger partial charge < -0.3 is 0 Å². The van der Waals surface area contributed by atoms with Crippen molar-refractivity contribution in [1.82, 2.24) is 19.6 Å². The van der Waals surface area contributed by atoms with Crippen LogP contribution in [0.4, 0.5) is 0 Å². The summed E-state index contributed by atoms with van der Waals surface area (Å²) in [5.74, 6) is 1.19. The molecule has 0 saturated carbocycles. The predicted octanol–water partition coefficient (Wildman–Crippen LogP) is 2.12. The third-order valence-corrected chi connectivity index (χ3v) is 4.73. The molecule has 0 saturated heterocycles. The van der Waals surface area contributed by atoms with E-state index in [2.05, 4.69) is 33.3 Å². The minimum atomic E-state index is -0.269. The van der Waals surface area contributed by atoms with Gasteiger partial charge in [-0.05, 0) is 41.9 Å². The summed E-state index contributed by atoms with van der Waals surface area (Å²) in [6.07, 6.45) is 5.45. The van der Waals surface area contributed by atoms with Gasteiger partial charge in [0.2, 0.25) is 0 Å². The van der Waals surface area contributed by atoms with E-state index >= 15 is 0 Å². The number of aryl methyl sites for hydroxylation is 1. The van der Waals surface area contributed by atoms with Crippen molar-refractivity contribution in [2.24, 2.45) is 0 Å². The Kier molecular flexibility index (Phi) is 2.63. The second kappa shape index (κ2) is 4.49. The Morgan fingerprint density at radius 2 is 2.30 bits per heavy atom. The van der Waals surface area contributed by atoms with Crippen LogP contribution in [0.5, 0.6) is 0 Å². The topological polar surface area (TPSA) is 63.0 Å². The second-order valence-corrected chi connectivity index (χ2v) is 5.91. The lowest BCUT2D eigenvalue weighted by molar-refractivity contribution is 0.840. The molecule has 0 unspecified atom stereocenters. The molecule has 0 radical (unpaired) electrons. The highest BCUT2D eigenvalue weighted by atomic mass is 32.2. The molecule has 1 N–H and O–H groups in total. The van der Waals surface area contributed by atoms with E-state index in [1.807, 2.05) is 11.8 Å². The average Bonchev–Trinajstić information content (AvgIpc) is 2.92. The molecule has 20 heavy (non-hydrogen) atoms. The molecule has 1 aliphatic heterocycles. The number of hydrogen-bond donors (Lipinski definition) is 1. The van der Waals surface area contributed by atoms with Crippen molar-refractivity contribution >= 4 is 17.4 Å². The van der Waals surface area contributed by atoms with Crippen LogP contribution in [0.15, 0.2) is 40.4 Å². The second-order valence-electron chi connectivity index (χ2n) is 4.78. The Hall–Kier alpha value is -2.08. The number of fused-ring (bicyclic) bond motifs is 2. The molecular weight excluding hydrogens is 272 g/mol. The highest BCUT2D eigenvalue weighted by Gasteiger charge is 2.14. The standard InChI is InChI=1S/C14H12N4OS/c19-14-16-8-15-13-11(7-17-18(13)14)9-3-4-12-10(6-9)2-1-5-20-12/h3-4,6-8H,1-2,5H2,(H,15,16,19). The average molecular weight is 284 g/mol. The number of hydrogen-bond acceptors (Lipinski definition) is 4. The molecule has 0 spiro atoms. The van der Waals surface area contributed by atoms with E-state index in [0.29, 0.717) is 5.65 Å². The Balaban J connectivity index is 1.91. The number of aromatic amines is 1. The van der Waals surface area contributed by atoms with Crippen LogP contribution in [0.2, 0.25) is 0 Å². The summed E-state index contributed by atoms with van der Waals surface area (Å²) in [5, 5.41) is 4.11. The summed E-state index contributed by atoms with van der Waals surface area (Å²) < 4.78 is 1.30. The summed E-state index contributed by atoms with van der Waals surface area (Å²) in [6.45, 7) is 0. The van der Waals surface area contributed by atoms with E-state index in [4.69, 9.17) is 0 Å². The highest BCUT2D eigenvalue weighted by Crippen LogP contribution is 2.33. The van der Waals surface area contributed by atoms with Gasteiger partial charge in [-0.15, -0.1) is 11.8 Å². The quantitative estimate of drug-likeness (QED) is 0.743. The number of thioether (sulfide) groups is 1.